The van der Waals surface area contributed by atoms with Gasteiger partial charge in [0, 0.05) is 36.9 Å². The van der Waals surface area contributed by atoms with Crippen LogP contribution in [0.3, 0.4) is 0 Å². The van der Waals surface area contributed by atoms with E-state index in [0.29, 0.717) is 0 Å². The van der Waals surface area contributed by atoms with Crippen molar-refractivity contribution in [2.45, 2.75) is 0 Å². The van der Waals surface area contributed by atoms with Gasteiger partial charge in [-0.3, -0.25) is 0 Å². The highest BCUT2D eigenvalue weighted by Crippen LogP contribution is 2.46. The maximum atomic E-state index is 2.44. The van der Waals surface area contributed by atoms with Gasteiger partial charge in [0.1, 0.15) is 0 Å². The van der Waals surface area contributed by atoms with Gasteiger partial charge in [-0.2, -0.15) is 0 Å². The topological polar surface area (TPSA) is 3.24 Å². The summed E-state index contributed by atoms with van der Waals surface area (Å²) < 4.78 is 2.65. The lowest BCUT2D eigenvalue weighted by atomic mass is 9.94. The predicted molar refractivity (Wildman–Crippen MR) is 217 cm³/mol. The van der Waals surface area contributed by atoms with Gasteiger partial charge < -0.3 is 4.90 Å². The molecule has 1 nitrogen and oxygen atoms in total. The first-order valence-corrected chi connectivity index (χ1v) is 17.9. The molecule has 0 aliphatic carbocycles. The molecule has 2 heteroatoms. The van der Waals surface area contributed by atoms with Gasteiger partial charge in [-0.25, -0.2) is 0 Å². The molecular formula is C48H31NS. The Morgan fingerprint density at radius 3 is 1.86 bits per heavy atom. The molecule has 0 aliphatic rings. The largest absolute Gasteiger partial charge is 0.310 e. The van der Waals surface area contributed by atoms with E-state index in [-0.39, 0.29) is 0 Å². The highest BCUT2D eigenvalue weighted by atomic mass is 32.1. The first-order chi connectivity index (χ1) is 24.8. The quantitative estimate of drug-likeness (QED) is 0.167. The molecule has 234 valence electrons. The van der Waals surface area contributed by atoms with Crippen LogP contribution in [0.1, 0.15) is 0 Å². The molecule has 0 aliphatic heterocycles. The van der Waals surface area contributed by atoms with Gasteiger partial charge in [0.05, 0.1) is 5.69 Å². The summed E-state index contributed by atoms with van der Waals surface area (Å²) in [5, 5.41) is 10.2. The zero-order chi connectivity index (χ0) is 33.0. The maximum absolute atomic E-state index is 2.44. The Kier molecular flexibility index (Phi) is 6.75. The summed E-state index contributed by atoms with van der Waals surface area (Å²) in [5.74, 6) is 0. The number of benzene rings is 9. The van der Waals surface area contributed by atoms with Crippen LogP contribution in [0.15, 0.2) is 188 Å². The molecule has 0 unspecified atom stereocenters. The maximum Gasteiger partial charge on any atom is 0.0546 e. The molecule has 0 amide bonds. The van der Waals surface area contributed by atoms with Crippen molar-refractivity contribution in [2.75, 3.05) is 4.90 Å². The standard InChI is InChI=1S/C48H31NS/c1-2-12-32(13-3-1)33-26-28-37(29-27-33)49(45-31-36-25-24-34-14-4-5-17-39(34)47(36)43-20-7-6-18-41(43)45)38-16-10-15-35(30-38)40-21-11-22-44-42-19-8-9-23-46(42)50-48(40)44/h1-31H. The summed E-state index contributed by atoms with van der Waals surface area (Å²) in [6.45, 7) is 0. The van der Waals surface area contributed by atoms with Gasteiger partial charge in [0.15, 0.2) is 0 Å². The molecule has 50 heavy (non-hydrogen) atoms. The van der Waals surface area contributed by atoms with Gasteiger partial charge in [-0.15, -0.1) is 11.3 Å². The molecule has 0 saturated carbocycles. The molecule has 0 spiro atoms. The van der Waals surface area contributed by atoms with Crippen LogP contribution in [0.4, 0.5) is 17.1 Å². The smallest absolute Gasteiger partial charge is 0.0546 e. The van der Waals surface area contributed by atoms with E-state index in [9.17, 15) is 0 Å². The van der Waals surface area contributed by atoms with E-state index in [2.05, 4.69) is 193 Å². The van der Waals surface area contributed by atoms with Crippen LogP contribution < -0.4 is 4.90 Å². The minimum absolute atomic E-state index is 1.12. The number of hydrogen-bond donors (Lipinski definition) is 0. The van der Waals surface area contributed by atoms with E-state index in [1.807, 2.05) is 11.3 Å². The first kappa shape index (κ1) is 28.8. The Hall–Kier alpha value is -6.22. The third-order valence-corrected chi connectivity index (χ3v) is 11.2. The molecule has 9 aromatic carbocycles. The Bertz CT molecular complexity index is 2870. The summed E-state index contributed by atoms with van der Waals surface area (Å²) in [7, 11) is 0. The Balaban J connectivity index is 1.22. The first-order valence-electron chi connectivity index (χ1n) is 17.1. The number of fused-ring (bicyclic) bond motifs is 8. The number of nitrogens with zero attached hydrogens (tertiary/aromatic N) is 1. The molecule has 10 rings (SSSR count). The van der Waals surface area contributed by atoms with Crippen molar-refractivity contribution in [3.05, 3.63) is 188 Å². The van der Waals surface area contributed by atoms with Crippen LogP contribution in [0.5, 0.6) is 0 Å². The predicted octanol–water partition coefficient (Wildman–Crippen LogP) is 14.3. The van der Waals surface area contributed by atoms with E-state index < -0.39 is 0 Å². The molecule has 0 N–H and O–H groups in total. The average Bonchev–Trinajstić information content (AvgIpc) is 3.58. The van der Waals surface area contributed by atoms with Crippen molar-refractivity contribution in [1.82, 2.24) is 0 Å². The SMILES string of the molecule is c1ccc(-c2ccc(N(c3cccc(-c4cccc5c4sc4ccccc45)c3)c3cc4ccc5ccccc5c4c4ccccc34)cc2)cc1. The highest BCUT2D eigenvalue weighted by molar-refractivity contribution is 7.26. The van der Waals surface area contributed by atoms with Crippen LogP contribution >= 0.6 is 11.3 Å². The Morgan fingerprint density at radius 1 is 0.360 bits per heavy atom. The highest BCUT2D eigenvalue weighted by Gasteiger charge is 2.20. The molecule has 0 radical (unpaired) electrons. The van der Waals surface area contributed by atoms with Crippen molar-refractivity contribution >= 4 is 80.9 Å². The summed E-state index contributed by atoms with van der Waals surface area (Å²) in [5.41, 5.74) is 8.29. The Morgan fingerprint density at radius 2 is 1.00 bits per heavy atom. The zero-order valence-corrected chi connectivity index (χ0v) is 28.1. The van der Waals surface area contributed by atoms with E-state index in [1.165, 1.54) is 74.7 Å². The van der Waals surface area contributed by atoms with Gasteiger partial charge in [0.2, 0.25) is 0 Å². The van der Waals surface area contributed by atoms with Crippen LogP contribution in [0, 0.1) is 0 Å². The lowest BCUT2D eigenvalue weighted by Gasteiger charge is -2.28. The van der Waals surface area contributed by atoms with Crippen molar-refractivity contribution in [2.24, 2.45) is 0 Å². The average molecular weight is 654 g/mol. The molecular weight excluding hydrogens is 623 g/mol. The fraction of sp³-hybridized carbons (Fsp3) is 0. The van der Waals surface area contributed by atoms with Gasteiger partial charge in [-0.05, 0) is 85.6 Å². The lowest BCUT2D eigenvalue weighted by Crippen LogP contribution is -2.11. The summed E-state index contributed by atoms with van der Waals surface area (Å²) in [6.07, 6.45) is 0. The number of rotatable bonds is 5. The minimum atomic E-state index is 1.12. The number of hydrogen-bond acceptors (Lipinski definition) is 2. The minimum Gasteiger partial charge on any atom is -0.310 e. The van der Waals surface area contributed by atoms with Gasteiger partial charge in [-0.1, -0.05) is 152 Å². The Labute approximate surface area is 294 Å². The fourth-order valence-corrected chi connectivity index (χ4v) is 8.93. The molecule has 0 fully saturated rings. The van der Waals surface area contributed by atoms with Crippen LogP contribution in [-0.2, 0) is 0 Å². The second-order valence-electron chi connectivity index (χ2n) is 12.9. The molecule has 0 saturated heterocycles. The second-order valence-corrected chi connectivity index (χ2v) is 14.0. The van der Waals surface area contributed by atoms with E-state index in [0.717, 1.165) is 17.1 Å². The molecule has 0 bridgehead atoms. The fourth-order valence-electron chi connectivity index (χ4n) is 7.69. The lowest BCUT2D eigenvalue weighted by molar-refractivity contribution is 1.30. The molecule has 0 atom stereocenters. The third-order valence-electron chi connectivity index (χ3n) is 10.0. The monoisotopic (exact) mass is 653 g/mol. The molecule has 1 heterocycles. The normalized spacial score (nSPS) is 11.6. The van der Waals surface area contributed by atoms with E-state index in [4.69, 9.17) is 0 Å². The van der Waals surface area contributed by atoms with Crippen molar-refractivity contribution in [3.8, 4) is 22.3 Å². The second kappa shape index (κ2) is 11.7. The molecule has 1 aromatic heterocycles. The van der Waals surface area contributed by atoms with E-state index in [1.54, 1.807) is 0 Å². The zero-order valence-electron chi connectivity index (χ0n) is 27.3. The van der Waals surface area contributed by atoms with Gasteiger partial charge in [0.25, 0.3) is 0 Å². The third kappa shape index (κ3) is 4.69. The van der Waals surface area contributed by atoms with Crippen molar-refractivity contribution < 1.29 is 0 Å². The summed E-state index contributed by atoms with van der Waals surface area (Å²) in [4.78, 5) is 2.44. The van der Waals surface area contributed by atoms with E-state index >= 15 is 0 Å². The molecule has 10 aromatic rings. The van der Waals surface area contributed by atoms with Crippen molar-refractivity contribution in [3.63, 3.8) is 0 Å². The summed E-state index contributed by atoms with van der Waals surface area (Å²) in [6, 6.07) is 68.7. The van der Waals surface area contributed by atoms with Crippen molar-refractivity contribution in [1.29, 1.82) is 0 Å². The van der Waals surface area contributed by atoms with Crippen LogP contribution in [-0.4, -0.2) is 0 Å². The van der Waals surface area contributed by atoms with Crippen LogP contribution in [0.2, 0.25) is 0 Å². The van der Waals surface area contributed by atoms with Gasteiger partial charge >= 0.3 is 0 Å². The van der Waals surface area contributed by atoms with Crippen LogP contribution in [0.25, 0.3) is 74.7 Å². The number of anilines is 3. The number of thiophene rings is 1. The summed E-state index contributed by atoms with van der Waals surface area (Å²) >= 11 is 1.88.